The maximum absolute atomic E-state index is 3.49. The number of likely N-dealkylation sites (N-methyl/N-ethyl adjacent to an activating group) is 2. The van der Waals surface area contributed by atoms with E-state index < -0.39 is 0 Å². The number of hydrogen-bond acceptors (Lipinski definition) is 2. The Morgan fingerprint density at radius 3 is 2.43 bits per heavy atom. The van der Waals surface area contributed by atoms with Gasteiger partial charge in [-0.15, -0.1) is 0 Å². The first kappa shape index (κ1) is 12.0. The SMILES string of the molecule is CCNC(C)C(C)N(C)CC1CC1C. The summed E-state index contributed by atoms with van der Waals surface area (Å²) >= 11 is 0. The molecule has 14 heavy (non-hydrogen) atoms. The Kier molecular flexibility index (Phi) is 4.39. The van der Waals surface area contributed by atoms with Crippen molar-refractivity contribution in [2.45, 2.75) is 46.2 Å². The Morgan fingerprint density at radius 1 is 1.43 bits per heavy atom. The van der Waals surface area contributed by atoms with Crippen molar-refractivity contribution >= 4 is 0 Å². The summed E-state index contributed by atoms with van der Waals surface area (Å²) < 4.78 is 0. The van der Waals surface area contributed by atoms with Crippen LogP contribution in [0.5, 0.6) is 0 Å². The molecule has 1 aliphatic rings. The summed E-state index contributed by atoms with van der Waals surface area (Å²) in [6.07, 6.45) is 1.44. The van der Waals surface area contributed by atoms with Crippen LogP contribution < -0.4 is 5.32 Å². The van der Waals surface area contributed by atoms with Crippen molar-refractivity contribution in [2.24, 2.45) is 11.8 Å². The lowest BCUT2D eigenvalue weighted by Gasteiger charge is -2.30. The highest BCUT2D eigenvalue weighted by molar-refractivity contribution is 4.87. The first-order valence-electron chi connectivity index (χ1n) is 5.99. The van der Waals surface area contributed by atoms with Crippen LogP contribution in [0.3, 0.4) is 0 Å². The van der Waals surface area contributed by atoms with E-state index >= 15 is 0 Å². The van der Waals surface area contributed by atoms with Gasteiger partial charge in [-0.1, -0.05) is 13.8 Å². The lowest BCUT2D eigenvalue weighted by atomic mass is 10.1. The molecule has 0 spiro atoms. The van der Waals surface area contributed by atoms with Gasteiger partial charge in [0.2, 0.25) is 0 Å². The van der Waals surface area contributed by atoms with Crippen LogP contribution in [-0.4, -0.2) is 37.1 Å². The molecule has 84 valence electrons. The van der Waals surface area contributed by atoms with Crippen LogP contribution >= 0.6 is 0 Å². The second-order valence-corrected chi connectivity index (χ2v) is 5.00. The molecule has 2 heteroatoms. The van der Waals surface area contributed by atoms with E-state index in [0.717, 1.165) is 18.4 Å². The molecule has 0 saturated heterocycles. The van der Waals surface area contributed by atoms with Gasteiger partial charge in [-0.25, -0.2) is 0 Å². The van der Waals surface area contributed by atoms with Gasteiger partial charge in [0.05, 0.1) is 0 Å². The third-order valence-electron chi connectivity index (χ3n) is 3.74. The third kappa shape index (κ3) is 3.25. The van der Waals surface area contributed by atoms with Crippen LogP contribution in [0.1, 0.15) is 34.1 Å². The van der Waals surface area contributed by atoms with Gasteiger partial charge >= 0.3 is 0 Å². The molecule has 0 amide bonds. The Hall–Kier alpha value is -0.0800. The van der Waals surface area contributed by atoms with Crippen LogP contribution in [0.2, 0.25) is 0 Å². The molecule has 0 aromatic rings. The highest BCUT2D eigenvalue weighted by Crippen LogP contribution is 2.38. The molecule has 0 aromatic carbocycles. The van der Waals surface area contributed by atoms with E-state index in [9.17, 15) is 0 Å². The minimum atomic E-state index is 0.596. The minimum absolute atomic E-state index is 0.596. The second kappa shape index (κ2) is 5.13. The Morgan fingerprint density at radius 2 is 2.00 bits per heavy atom. The summed E-state index contributed by atoms with van der Waals surface area (Å²) in [5.41, 5.74) is 0. The molecule has 4 atom stereocenters. The van der Waals surface area contributed by atoms with Crippen LogP contribution in [0.15, 0.2) is 0 Å². The van der Waals surface area contributed by atoms with Crippen molar-refractivity contribution in [3.05, 3.63) is 0 Å². The van der Waals surface area contributed by atoms with E-state index in [1.165, 1.54) is 13.0 Å². The molecular weight excluding hydrogens is 172 g/mol. The molecule has 1 rings (SSSR count). The molecule has 1 saturated carbocycles. The van der Waals surface area contributed by atoms with E-state index in [0.29, 0.717) is 12.1 Å². The van der Waals surface area contributed by atoms with Crippen LogP contribution in [-0.2, 0) is 0 Å². The molecule has 0 heterocycles. The molecule has 0 aliphatic heterocycles. The molecule has 1 aliphatic carbocycles. The normalized spacial score (nSPS) is 30.4. The third-order valence-corrected chi connectivity index (χ3v) is 3.74. The van der Waals surface area contributed by atoms with Gasteiger partial charge < -0.3 is 10.2 Å². The van der Waals surface area contributed by atoms with E-state index in [2.05, 4.69) is 45.0 Å². The van der Waals surface area contributed by atoms with Crippen LogP contribution in [0.25, 0.3) is 0 Å². The Balaban J connectivity index is 2.24. The smallest absolute Gasteiger partial charge is 0.0215 e. The van der Waals surface area contributed by atoms with Crippen molar-refractivity contribution < 1.29 is 0 Å². The van der Waals surface area contributed by atoms with Crippen LogP contribution in [0.4, 0.5) is 0 Å². The van der Waals surface area contributed by atoms with E-state index in [1.807, 2.05) is 0 Å². The number of nitrogens with zero attached hydrogens (tertiary/aromatic N) is 1. The molecule has 2 nitrogen and oxygen atoms in total. The molecule has 4 unspecified atom stereocenters. The van der Waals surface area contributed by atoms with Crippen LogP contribution in [0, 0.1) is 11.8 Å². The summed E-state index contributed by atoms with van der Waals surface area (Å²) in [6.45, 7) is 11.5. The van der Waals surface area contributed by atoms with Crippen molar-refractivity contribution in [3.8, 4) is 0 Å². The Bertz CT molecular complexity index is 170. The molecule has 1 N–H and O–H groups in total. The van der Waals surface area contributed by atoms with Crippen molar-refractivity contribution in [3.63, 3.8) is 0 Å². The summed E-state index contributed by atoms with van der Waals surface area (Å²) in [5, 5.41) is 3.49. The predicted molar refractivity (Wildman–Crippen MR) is 62.5 cm³/mol. The van der Waals surface area contributed by atoms with Gasteiger partial charge in [-0.3, -0.25) is 0 Å². The molecule has 0 aromatic heterocycles. The molecule has 1 fully saturated rings. The average molecular weight is 198 g/mol. The zero-order valence-corrected chi connectivity index (χ0v) is 10.4. The largest absolute Gasteiger partial charge is 0.313 e. The Labute approximate surface area is 89.1 Å². The first-order chi connectivity index (χ1) is 6.56. The molecule has 0 bridgehead atoms. The highest BCUT2D eigenvalue weighted by Gasteiger charge is 2.34. The maximum atomic E-state index is 3.49. The first-order valence-corrected chi connectivity index (χ1v) is 5.99. The number of rotatable bonds is 6. The lowest BCUT2D eigenvalue weighted by molar-refractivity contribution is 0.205. The fourth-order valence-corrected chi connectivity index (χ4v) is 2.06. The van der Waals surface area contributed by atoms with Gasteiger partial charge in [-0.2, -0.15) is 0 Å². The minimum Gasteiger partial charge on any atom is -0.313 e. The summed E-state index contributed by atoms with van der Waals surface area (Å²) in [5.74, 6) is 1.94. The standard InChI is InChI=1S/C12H26N2/c1-6-13-10(3)11(4)14(5)8-12-7-9(12)2/h9-13H,6-8H2,1-5H3. The van der Waals surface area contributed by atoms with Gasteiger partial charge in [0, 0.05) is 18.6 Å². The summed E-state index contributed by atoms with van der Waals surface area (Å²) in [7, 11) is 2.25. The molecule has 0 radical (unpaired) electrons. The lowest BCUT2D eigenvalue weighted by Crippen LogP contribution is -2.45. The van der Waals surface area contributed by atoms with Gasteiger partial charge in [0.1, 0.15) is 0 Å². The maximum Gasteiger partial charge on any atom is 0.0215 e. The second-order valence-electron chi connectivity index (χ2n) is 5.00. The van der Waals surface area contributed by atoms with Crippen molar-refractivity contribution in [1.29, 1.82) is 0 Å². The quantitative estimate of drug-likeness (QED) is 0.702. The highest BCUT2D eigenvalue weighted by atomic mass is 15.2. The average Bonchev–Trinajstić information content (AvgIpc) is 2.80. The summed E-state index contributed by atoms with van der Waals surface area (Å²) in [6, 6.07) is 1.24. The van der Waals surface area contributed by atoms with Gasteiger partial charge in [-0.05, 0) is 45.7 Å². The zero-order chi connectivity index (χ0) is 10.7. The fourth-order valence-electron chi connectivity index (χ4n) is 2.06. The fraction of sp³-hybridized carbons (Fsp3) is 1.00. The topological polar surface area (TPSA) is 15.3 Å². The summed E-state index contributed by atoms with van der Waals surface area (Å²) in [4.78, 5) is 2.50. The number of hydrogen-bond donors (Lipinski definition) is 1. The molecular formula is C12H26N2. The van der Waals surface area contributed by atoms with E-state index in [1.54, 1.807) is 0 Å². The van der Waals surface area contributed by atoms with Crippen molar-refractivity contribution in [2.75, 3.05) is 20.1 Å². The predicted octanol–water partition coefficient (Wildman–Crippen LogP) is 1.96. The van der Waals surface area contributed by atoms with E-state index in [-0.39, 0.29) is 0 Å². The zero-order valence-electron chi connectivity index (χ0n) is 10.4. The number of nitrogens with one attached hydrogen (secondary N) is 1. The van der Waals surface area contributed by atoms with Gasteiger partial charge in [0.25, 0.3) is 0 Å². The monoisotopic (exact) mass is 198 g/mol. The van der Waals surface area contributed by atoms with E-state index in [4.69, 9.17) is 0 Å². The van der Waals surface area contributed by atoms with Crippen molar-refractivity contribution in [1.82, 2.24) is 10.2 Å². The van der Waals surface area contributed by atoms with Gasteiger partial charge in [0.15, 0.2) is 0 Å².